The molecule has 3 aromatic rings. The van der Waals surface area contributed by atoms with Gasteiger partial charge in [-0.25, -0.2) is 0 Å². The number of nitrogens with zero attached hydrogens (tertiary/aromatic N) is 2. The predicted octanol–water partition coefficient (Wildman–Crippen LogP) is 4.23. The Morgan fingerprint density at radius 3 is 2.55 bits per heavy atom. The number of hydrogen-bond donors (Lipinski definition) is 0. The predicted molar refractivity (Wildman–Crippen MR) is 120 cm³/mol. The first-order valence-electron chi connectivity index (χ1n) is 10.7. The summed E-state index contributed by atoms with van der Waals surface area (Å²) in [6.45, 7) is 1.78. The third kappa shape index (κ3) is 4.69. The summed E-state index contributed by atoms with van der Waals surface area (Å²) in [5.74, 6) is 0.658. The standard InChI is InChI=1S/C25H26N2O6/c1-16-14-19(33-26-16)15-32-25(29)21-12-13-23(28)27(17-8-10-18(30-2)11-9-17)24(21)20-6-4-5-7-22(20)31-3/h4-11,14,21,24H,12-13,15H2,1-3H3. The van der Waals surface area contributed by atoms with Crippen molar-refractivity contribution in [3.8, 4) is 11.5 Å². The van der Waals surface area contributed by atoms with Crippen LogP contribution in [0.5, 0.6) is 11.5 Å². The second-order valence-electron chi connectivity index (χ2n) is 7.84. The Morgan fingerprint density at radius 2 is 1.88 bits per heavy atom. The van der Waals surface area contributed by atoms with E-state index in [1.54, 1.807) is 44.2 Å². The van der Waals surface area contributed by atoms with Crippen LogP contribution in [0.2, 0.25) is 0 Å². The summed E-state index contributed by atoms with van der Waals surface area (Å²) in [7, 11) is 3.15. The zero-order valence-corrected chi connectivity index (χ0v) is 18.8. The summed E-state index contributed by atoms with van der Waals surface area (Å²) in [5.41, 5.74) is 2.11. The zero-order chi connectivity index (χ0) is 23.4. The highest BCUT2D eigenvalue weighted by atomic mass is 16.5. The quantitative estimate of drug-likeness (QED) is 0.498. The van der Waals surface area contributed by atoms with E-state index in [9.17, 15) is 9.59 Å². The van der Waals surface area contributed by atoms with Crippen molar-refractivity contribution in [3.05, 3.63) is 71.6 Å². The normalized spacial score (nSPS) is 18.2. The van der Waals surface area contributed by atoms with Gasteiger partial charge < -0.3 is 23.6 Å². The van der Waals surface area contributed by atoms with Gasteiger partial charge in [-0.2, -0.15) is 0 Å². The van der Waals surface area contributed by atoms with Gasteiger partial charge in [-0.15, -0.1) is 0 Å². The van der Waals surface area contributed by atoms with Crippen LogP contribution in [0.1, 0.15) is 35.9 Å². The number of rotatable bonds is 7. The van der Waals surface area contributed by atoms with Crippen molar-refractivity contribution >= 4 is 17.6 Å². The van der Waals surface area contributed by atoms with Crippen LogP contribution in [-0.2, 0) is 20.9 Å². The fraction of sp³-hybridized carbons (Fsp3) is 0.320. The number of anilines is 1. The molecule has 8 heteroatoms. The molecule has 33 heavy (non-hydrogen) atoms. The average Bonchev–Trinajstić information content (AvgIpc) is 3.27. The first-order chi connectivity index (χ1) is 16.0. The van der Waals surface area contributed by atoms with E-state index in [-0.39, 0.29) is 18.9 Å². The van der Waals surface area contributed by atoms with Crippen molar-refractivity contribution in [1.29, 1.82) is 0 Å². The molecule has 0 bridgehead atoms. The van der Waals surface area contributed by atoms with E-state index in [1.165, 1.54) is 0 Å². The Labute approximate surface area is 192 Å². The molecular formula is C25H26N2O6. The van der Waals surface area contributed by atoms with Gasteiger partial charge in [0.1, 0.15) is 11.5 Å². The minimum absolute atomic E-state index is 0.0225. The molecule has 1 amide bonds. The Bertz CT molecular complexity index is 1120. The summed E-state index contributed by atoms with van der Waals surface area (Å²) in [4.78, 5) is 28.1. The van der Waals surface area contributed by atoms with Crippen LogP contribution in [0.25, 0.3) is 0 Å². The van der Waals surface area contributed by atoms with Crippen LogP contribution >= 0.6 is 0 Å². The number of hydrogen-bond acceptors (Lipinski definition) is 7. The van der Waals surface area contributed by atoms with Gasteiger partial charge in [0.05, 0.1) is 31.9 Å². The number of amides is 1. The molecule has 0 N–H and O–H groups in total. The van der Waals surface area contributed by atoms with Gasteiger partial charge >= 0.3 is 5.97 Å². The Balaban J connectivity index is 1.71. The maximum Gasteiger partial charge on any atom is 0.311 e. The first-order valence-corrected chi connectivity index (χ1v) is 10.7. The summed E-state index contributed by atoms with van der Waals surface area (Å²) < 4.78 is 21.6. The van der Waals surface area contributed by atoms with Gasteiger partial charge in [0, 0.05) is 23.7 Å². The van der Waals surface area contributed by atoms with Crippen molar-refractivity contribution in [3.63, 3.8) is 0 Å². The molecule has 0 spiro atoms. The third-order valence-corrected chi connectivity index (χ3v) is 5.74. The number of aryl methyl sites for hydroxylation is 1. The lowest BCUT2D eigenvalue weighted by atomic mass is 9.83. The highest BCUT2D eigenvalue weighted by Crippen LogP contribution is 2.43. The Hall–Kier alpha value is -3.81. The molecule has 0 saturated carbocycles. The maximum atomic E-state index is 13.3. The lowest BCUT2D eigenvalue weighted by Gasteiger charge is -2.40. The molecule has 1 aliphatic rings. The van der Waals surface area contributed by atoms with E-state index in [0.717, 1.165) is 5.56 Å². The van der Waals surface area contributed by atoms with Crippen molar-refractivity contribution in [2.24, 2.45) is 5.92 Å². The zero-order valence-electron chi connectivity index (χ0n) is 18.8. The van der Waals surface area contributed by atoms with Gasteiger partial charge in [0.2, 0.25) is 5.91 Å². The van der Waals surface area contributed by atoms with Gasteiger partial charge in [-0.1, -0.05) is 23.4 Å². The third-order valence-electron chi connectivity index (χ3n) is 5.74. The van der Waals surface area contributed by atoms with Gasteiger partial charge in [-0.3, -0.25) is 9.59 Å². The number of piperidine rings is 1. The highest BCUT2D eigenvalue weighted by molar-refractivity contribution is 5.97. The first kappa shape index (κ1) is 22.4. The fourth-order valence-corrected chi connectivity index (χ4v) is 4.19. The molecule has 1 saturated heterocycles. The number of carbonyl (C=O) groups is 2. The van der Waals surface area contributed by atoms with Crippen LogP contribution in [0.3, 0.4) is 0 Å². The lowest BCUT2D eigenvalue weighted by Crippen LogP contribution is -2.46. The molecule has 8 nitrogen and oxygen atoms in total. The molecule has 1 aliphatic heterocycles. The minimum atomic E-state index is -0.597. The van der Waals surface area contributed by atoms with Crippen LogP contribution in [0.15, 0.2) is 59.1 Å². The second-order valence-corrected chi connectivity index (χ2v) is 7.84. The molecule has 1 aromatic heterocycles. The largest absolute Gasteiger partial charge is 0.497 e. The van der Waals surface area contributed by atoms with E-state index in [0.29, 0.717) is 35.1 Å². The molecular weight excluding hydrogens is 424 g/mol. The molecule has 2 atom stereocenters. The number of aromatic nitrogens is 1. The molecule has 0 aliphatic carbocycles. The maximum absolute atomic E-state index is 13.3. The summed E-state index contributed by atoms with van der Waals surface area (Å²) in [6.07, 6.45) is 0.585. The molecule has 2 heterocycles. The molecule has 0 radical (unpaired) electrons. The number of benzene rings is 2. The van der Waals surface area contributed by atoms with Gasteiger partial charge in [0.25, 0.3) is 0 Å². The SMILES string of the molecule is COc1ccc(N2C(=O)CCC(C(=O)OCc3cc(C)no3)C2c2ccccc2OC)cc1. The van der Waals surface area contributed by atoms with Crippen LogP contribution < -0.4 is 14.4 Å². The number of esters is 1. The highest BCUT2D eigenvalue weighted by Gasteiger charge is 2.43. The number of methoxy groups -OCH3 is 2. The van der Waals surface area contributed by atoms with Crippen molar-refractivity contribution < 1.29 is 28.3 Å². The second kappa shape index (κ2) is 9.77. The van der Waals surface area contributed by atoms with Crippen molar-refractivity contribution in [1.82, 2.24) is 5.16 Å². The van der Waals surface area contributed by atoms with Crippen LogP contribution in [-0.4, -0.2) is 31.3 Å². The number of para-hydroxylation sites is 1. The van der Waals surface area contributed by atoms with E-state index in [2.05, 4.69) is 5.16 Å². The van der Waals surface area contributed by atoms with E-state index in [1.807, 2.05) is 36.4 Å². The fourth-order valence-electron chi connectivity index (χ4n) is 4.19. The van der Waals surface area contributed by atoms with Crippen LogP contribution in [0.4, 0.5) is 5.69 Å². The van der Waals surface area contributed by atoms with Crippen molar-refractivity contribution in [2.45, 2.75) is 32.4 Å². The average molecular weight is 450 g/mol. The molecule has 2 aromatic carbocycles. The molecule has 2 unspecified atom stereocenters. The lowest BCUT2D eigenvalue weighted by molar-refractivity contribution is -0.152. The number of ether oxygens (including phenoxy) is 3. The van der Waals surface area contributed by atoms with Crippen LogP contribution in [0, 0.1) is 12.8 Å². The Kier molecular flexibility index (Phi) is 6.63. The van der Waals surface area contributed by atoms with E-state index >= 15 is 0 Å². The Morgan fingerprint density at radius 1 is 1.12 bits per heavy atom. The topological polar surface area (TPSA) is 91.1 Å². The molecule has 1 fully saturated rings. The van der Waals surface area contributed by atoms with Crippen molar-refractivity contribution in [2.75, 3.05) is 19.1 Å². The summed E-state index contributed by atoms with van der Waals surface area (Å²) in [5, 5.41) is 3.82. The summed E-state index contributed by atoms with van der Waals surface area (Å²) >= 11 is 0. The van der Waals surface area contributed by atoms with E-state index in [4.69, 9.17) is 18.7 Å². The minimum Gasteiger partial charge on any atom is -0.497 e. The van der Waals surface area contributed by atoms with E-state index < -0.39 is 17.9 Å². The molecule has 4 rings (SSSR count). The summed E-state index contributed by atoms with van der Waals surface area (Å²) in [6, 6.07) is 15.7. The van der Waals surface area contributed by atoms with Gasteiger partial charge in [0.15, 0.2) is 12.4 Å². The monoisotopic (exact) mass is 450 g/mol. The molecule has 172 valence electrons. The smallest absolute Gasteiger partial charge is 0.311 e. The number of carbonyl (C=O) groups excluding carboxylic acids is 2. The van der Waals surface area contributed by atoms with Gasteiger partial charge in [-0.05, 0) is 43.7 Å².